The van der Waals surface area contributed by atoms with E-state index in [9.17, 15) is 9.59 Å². The van der Waals surface area contributed by atoms with Crippen LogP contribution in [0.4, 0.5) is 0 Å². The fourth-order valence-corrected chi connectivity index (χ4v) is 4.91. The van der Waals surface area contributed by atoms with Crippen LogP contribution in [0.3, 0.4) is 0 Å². The quantitative estimate of drug-likeness (QED) is 0.388. The van der Waals surface area contributed by atoms with E-state index in [1.165, 1.54) is 13.3 Å². The van der Waals surface area contributed by atoms with E-state index < -0.39 is 0 Å². The molecule has 1 heterocycles. The van der Waals surface area contributed by atoms with Gasteiger partial charge in [0.2, 0.25) is 11.8 Å². The zero-order chi connectivity index (χ0) is 22.7. The lowest BCUT2D eigenvalue weighted by Gasteiger charge is -2.51. The smallest absolute Gasteiger partial charge is 0.230 e. The molecule has 4 rings (SSSR count). The summed E-state index contributed by atoms with van der Waals surface area (Å²) >= 11 is 6.49. The zero-order valence-electron chi connectivity index (χ0n) is 18.4. The average molecular weight is 450 g/mol. The highest BCUT2D eigenvalue weighted by Crippen LogP contribution is 2.45. The van der Waals surface area contributed by atoms with Crippen LogP contribution in [-0.4, -0.2) is 29.1 Å². The monoisotopic (exact) mass is 449 g/mol. The number of nitrogens with zero attached hydrogens (tertiary/aromatic N) is 2. The highest BCUT2D eigenvalue weighted by Gasteiger charge is 2.51. The molecule has 1 aliphatic carbocycles. The van der Waals surface area contributed by atoms with E-state index in [-0.39, 0.29) is 17.2 Å². The van der Waals surface area contributed by atoms with Crippen LogP contribution in [0.1, 0.15) is 55.7 Å². The lowest BCUT2D eigenvalue weighted by molar-refractivity contribution is -0.164. The molecule has 2 amide bonds. The largest absolute Gasteiger partial charge is 0.337 e. The number of carbonyl (C=O) groups excluding carboxylic acids is 2. The predicted molar refractivity (Wildman–Crippen MR) is 128 cm³/mol. The van der Waals surface area contributed by atoms with Crippen molar-refractivity contribution in [3.63, 3.8) is 0 Å². The number of halogens is 1. The summed E-state index contributed by atoms with van der Waals surface area (Å²) in [6.07, 6.45) is 5.54. The van der Waals surface area contributed by atoms with Gasteiger partial charge in [-0.3, -0.25) is 9.59 Å². The van der Waals surface area contributed by atoms with Crippen molar-refractivity contribution < 1.29 is 9.59 Å². The van der Waals surface area contributed by atoms with E-state index in [4.69, 9.17) is 11.6 Å². The first kappa shape index (κ1) is 22.3. The van der Waals surface area contributed by atoms with Gasteiger partial charge in [0.25, 0.3) is 0 Å². The van der Waals surface area contributed by atoms with Gasteiger partial charge in [0.15, 0.2) is 0 Å². The van der Waals surface area contributed by atoms with Crippen molar-refractivity contribution in [1.29, 1.82) is 0 Å². The minimum atomic E-state index is -0.247. The molecule has 5 nitrogen and oxygen atoms in total. The van der Waals surface area contributed by atoms with Crippen LogP contribution in [0.25, 0.3) is 5.70 Å². The normalized spacial score (nSPS) is 17.8. The SMILES string of the molecule is C=C(N=C(NC(C)=O)c1cc(CN2CC3(CCCCC3)C2=O)ccc1Cl)c1ccccc1. The molecule has 32 heavy (non-hydrogen) atoms. The van der Waals surface area contributed by atoms with E-state index in [2.05, 4.69) is 16.9 Å². The second-order valence-electron chi connectivity index (χ2n) is 8.77. The molecule has 1 saturated carbocycles. The average Bonchev–Trinajstić information content (AvgIpc) is 2.80. The summed E-state index contributed by atoms with van der Waals surface area (Å²) in [7, 11) is 0. The van der Waals surface area contributed by atoms with Gasteiger partial charge in [0.1, 0.15) is 5.84 Å². The van der Waals surface area contributed by atoms with Gasteiger partial charge >= 0.3 is 0 Å². The van der Waals surface area contributed by atoms with Gasteiger partial charge in [0.05, 0.1) is 16.1 Å². The van der Waals surface area contributed by atoms with Crippen LogP contribution < -0.4 is 5.32 Å². The fraction of sp³-hybridized carbons (Fsp3) is 0.346. The molecule has 1 saturated heterocycles. The molecule has 2 aromatic carbocycles. The van der Waals surface area contributed by atoms with Gasteiger partial charge in [-0.25, -0.2) is 4.99 Å². The number of carbonyl (C=O) groups is 2. The first-order valence-electron chi connectivity index (χ1n) is 11.1. The third-order valence-electron chi connectivity index (χ3n) is 6.35. The Balaban J connectivity index is 1.57. The van der Waals surface area contributed by atoms with Crippen molar-refractivity contribution in [2.75, 3.05) is 6.54 Å². The Morgan fingerprint density at radius 2 is 1.88 bits per heavy atom. The standard InChI is InChI=1S/C26H28ClN3O2/c1-18(21-9-5-3-6-10-21)28-24(29-19(2)31)22-15-20(11-12-23(22)27)16-30-17-26(25(30)32)13-7-4-8-14-26/h3,5-6,9-12,15H,1,4,7-8,13-14,16-17H2,2H3,(H,28,29,31). The molecule has 1 N–H and O–H groups in total. The Bertz CT molecular complexity index is 1070. The third kappa shape index (κ3) is 4.63. The number of β-lactam (4-membered cyclic amide) rings is 1. The molecule has 0 aromatic heterocycles. The number of amidine groups is 1. The molecular formula is C26H28ClN3O2. The van der Waals surface area contributed by atoms with E-state index in [1.54, 1.807) is 6.07 Å². The Kier molecular flexibility index (Phi) is 6.47. The zero-order valence-corrected chi connectivity index (χ0v) is 19.1. The van der Waals surface area contributed by atoms with E-state index in [1.807, 2.05) is 47.4 Å². The summed E-state index contributed by atoms with van der Waals surface area (Å²) in [5.74, 6) is 0.363. The van der Waals surface area contributed by atoms with Crippen LogP contribution in [0.15, 0.2) is 60.1 Å². The maximum atomic E-state index is 12.9. The molecule has 2 fully saturated rings. The third-order valence-corrected chi connectivity index (χ3v) is 6.68. The Morgan fingerprint density at radius 1 is 1.16 bits per heavy atom. The van der Waals surface area contributed by atoms with Gasteiger partial charge in [-0.15, -0.1) is 0 Å². The van der Waals surface area contributed by atoms with E-state index in [0.717, 1.165) is 43.4 Å². The number of aliphatic imine (C=N–C) groups is 1. The van der Waals surface area contributed by atoms with Gasteiger partial charge < -0.3 is 10.2 Å². The fourth-order valence-electron chi connectivity index (χ4n) is 4.70. The summed E-state index contributed by atoms with van der Waals surface area (Å²) in [6, 6.07) is 15.2. The van der Waals surface area contributed by atoms with Gasteiger partial charge in [-0.2, -0.15) is 0 Å². The van der Waals surface area contributed by atoms with Crippen molar-refractivity contribution in [3.05, 3.63) is 76.8 Å². The van der Waals surface area contributed by atoms with Crippen molar-refractivity contribution in [2.45, 2.75) is 45.6 Å². The number of hydrogen-bond acceptors (Lipinski definition) is 3. The summed E-state index contributed by atoms with van der Waals surface area (Å²) in [4.78, 5) is 31.3. The van der Waals surface area contributed by atoms with Crippen molar-refractivity contribution in [1.82, 2.24) is 10.2 Å². The lowest BCUT2D eigenvalue weighted by atomic mass is 9.68. The number of benzene rings is 2. The van der Waals surface area contributed by atoms with Crippen molar-refractivity contribution in [3.8, 4) is 0 Å². The first-order chi connectivity index (χ1) is 15.4. The molecule has 0 radical (unpaired) electrons. The van der Waals surface area contributed by atoms with Crippen LogP contribution in [0.5, 0.6) is 0 Å². The molecular weight excluding hydrogens is 422 g/mol. The van der Waals surface area contributed by atoms with Crippen LogP contribution in [-0.2, 0) is 16.1 Å². The number of amides is 2. The maximum Gasteiger partial charge on any atom is 0.230 e. The van der Waals surface area contributed by atoms with Gasteiger partial charge in [0, 0.05) is 25.6 Å². The highest BCUT2D eigenvalue weighted by molar-refractivity contribution is 6.34. The molecule has 0 bridgehead atoms. The number of hydrogen-bond donors (Lipinski definition) is 1. The minimum Gasteiger partial charge on any atom is -0.337 e. The van der Waals surface area contributed by atoms with E-state index >= 15 is 0 Å². The number of nitrogens with one attached hydrogen (secondary N) is 1. The molecule has 0 atom stereocenters. The number of rotatable bonds is 5. The van der Waals surface area contributed by atoms with Crippen molar-refractivity contribution >= 4 is 34.9 Å². The molecule has 6 heteroatoms. The second-order valence-corrected chi connectivity index (χ2v) is 9.18. The predicted octanol–water partition coefficient (Wildman–Crippen LogP) is 5.19. The minimum absolute atomic E-state index is 0.121. The first-order valence-corrected chi connectivity index (χ1v) is 11.4. The maximum absolute atomic E-state index is 12.9. The van der Waals surface area contributed by atoms with Gasteiger partial charge in [-0.05, 0) is 36.1 Å². The summed E-state index contributed by atoms with van der Waals surface area (Å²) in [5.41, 5.74) is 2.81. The molecule has 1 aliphatic heterocycles. The summed E-state index contributed by atoms with van der Waals surface area (Å²) < 4.78 is 0. The Labute approximate surface area is 194 Å². The van der Waals surface area contributed by atoms with Crippen LogP contribution in [0, 0.1) is 5.41 Å². The molecule has 1 spiro atoms. The highest BCUT2D eigenvalue weighted by atomic mass is 35.5. The molecule has 0 unspecified atom stereocenters. The Hall–Kier alpha value is -2.92. The van der Waals surface area contributed by atoms with Crippen molar-refractivity contribution in [2.24, 2.45) is 10.4 Å². The van der Waals surface area contributed by atoms with E-state index in [0.29, 0.717) is 28.7 Å². The summed E-state index contributed by atoms with van der Waals surface area (Å²) in [5, 5.41) is 3.26. The molecule has 2 aliphatic rings. The molecule has 166 valence electrons. The van der Waals surface area contributed by atoms with Crippen LogP contribution >= 0.6 is 11.6 Å². The number of likely N-dealkylation sites (tertiary alicyclic amines) is 1. The van der Waals surface area contributed by atoms with Gasteiger partial charge in [-0.1, -0.05) is 73.8 Å². The topological polar surface area (TPSA) is 61.8 Å². The lowest BCUT2D eigenvalue weighted by Crippen LogP contribution is -2.61. The summed E-state index contributed by atoms with van der Waals surface area (Å²) in [6.45, 7) is 6.82. The second kappa shape index (κ2) is 9.29. The van der Waals surface area contributed by atoms with Crippen LogP contribution in [0.2, 0.25) is 5.02 Å². The Morgan fingerprint density at radius 3 is 2.53 bits per heavy atom. The molecule has 2 aromatic rings.